The van der Waals surface area contributed by atoms with Crippen LogP contribution in [0, 0.1) is 0 Å². The Kier molecular flexibility index (Phi) is 5.15. The molecule has 28 heavy (non-hydrogen) atoms. The van der Waals surface area contributed by atoms with Crippen LogP contribution in [-0.4, -0.2) is 62.7 Å². The Balaban J connectivity index is 1.62. The number of thiazole rings is 1. The van der Waals surface area contributed by atoms with Crippen molar-refractivity contribution >= 4 is 22.3 Å². The second-order valence-electron chi connectivity index (χ2n) is 6.33. The first-order valence-corrected chi connectivity index (χ1v) is 9.35. The molecule has 10 heteroatoms. The fraction of sp³-hybridized carbons (Fsp3) is 0.333. The van der Waals surface area contributed by atoms with Crippen molar-refractivity contribution in [1.29, 1.82) is 0 Å². The van der Waals surface area contributed by atoms with Crippen LogP contribution in [0.25, 0.3) is 22.2 Å². The highest BCUT2D eigenvalue weighted by Crippen LogP contribution is 2.27. The van der Waals surface area contributed by atoms with Gasteiger partial charge in [0.15, 0.2) is 0 Å². The highest BCUT2D eigenvalue weighted by molar-refractivity contribution is 7.07. The van der Waals surface area contributed by atoms with E-state index < -0.39 is 37.3 Å². The highest BCUT2D eigenvalue weighted by Gasteiger charge is 2.44. The Hall–Kier alpha value is -2.34. The van der Waals surface area contributed by atoms with Gasteiger partial charge in [0.25, 0.3) is 0 Å². The molecule has 3 aromatic rings. The van der Waals surface area contributed by atoms with Crippen molar-refractivity contribution in [1.82, 2.24) is 4.98 Å². The van der Waals surface area contributed by atoms with Crippen LogP contribution in [0.2, 0.25) is 0 Å². The molecule has 4 rings (SSSR count). The summed E-state index contributed by atoms with van der Waals surface area (Å²) in [7, 11) is 0. The summed E-state index contributed by atoms with van der Waals surface area (Å²) >= 11 is 1.37. The number of hydrogen-bond donors (Lipinski definition) is 4. The zero-order valence-corrected chi connectivity index (χ0v) is 15.2. The minimum atomic E-state index is -1.55. The maximum absolute atomic E-state index is 12.7. The van der Waals surface area contributed by atoms with E-state index >= 15 is 0 Å². The van der Waals surface area contributed by atoms with Crippen molar-refractivity contribution in [3.63, 3.8) is 0 Å². The third-order valence-corrected chi connectivity index (χ3v) is 5.14. The van der Waals surface area contributed by atoms with Gasteiger partial charge >= 0.3 is 0 Å². The number of aliphatic hydroxyl groups excluding tert-OH is 4. The number of benzene rings is 1. The van der Waals surface area contributed by atoms with E-state index in [1.165, 1.54) is 35.8 Å². The van der Waals surface area contributed by atoms with Crippen LogP contribution in [0.1, 0.15) is 0 Å². The third-order valence-electron chi connectivity index (χ3n) is 4.56. The molecule has 0 radical (unpaired) electrons. The van der Waals surface area contributed by atoms with Crippen LogP contribution < -0.4 is 10.2 Å². The average Bonchev–Trinajstić information content (AvgIpc) is 3.23. The zero-order chi connectivity index (χ0) is 19.8. The molecule has 0 amide bonds. The van der Waals surface area contributed by atoms with E-state index in [1.54, 1.807) is 10.9 Å². The summed E-state index contributed by atoms with van der Waals surface area (Å²) < 4.78 is 16.4. The standard InChI is InChI=1S/C18H17NO8S/c20-4-13-15(22)16(23)17(24)18(27-13)26-8-1-2-9-12(3-8)25-5-10(14(9)21)11-6-28-7-19-11/h1-3,5-7,13,15-18,20,22-24H,4H2/t13-,15+,16+,17+,18+/m0/s1. The van der Waals surface area contributed by atoms with Crippen LogP contribution in [-0.2, 0) is 4.74 Å². The SMILES string of the molecule is O=c1c(-c2cscn2)coc2cc(O[C@@H]3O[C@@H](CO)[C@@H](O)[C@@H](O)[C@H]3O)ccc12. The number of aromatic nitrogens is 1. The lowest BCUT2D eigenvalue weighted by Crippen LogP contribution is -2.60. The first-order chi connectivity index (χ1) is 13.5. The molecule has 148 valence electrons. The largest absolute Gasteiger partial charge is 0.463 e. The molecule has 0 aliphatic carbocycles. The van der Waals surface area contributed by atoms with E-state index in [4.69, 9.17) is 13.9 Å². The number of rotatable bonds is 4. The molecule has 1 aliphatic rings. The maximum Gasteiger partial charge on any atom is 0.229 e. The molecular weight excluding hydrogens is 390 g/mol. The van der Waals surface area contributed by atoms with Gasteiger partial charge < -0.3 is 34.3 Å². The van der Waals surface area contributed by atoms with Crippen LogP contribution in [0.4, 0.5) is 0 Å². The fourth-order valence-corrected chi connectivity index (χ4v) is 3.56. The molecule has 2 aromatic heterocycles. The van der Waals surface area contributed by atoms with Gasteiger partial charge in [0, 0.05) is 11.4 Å². The number of ether oxygens (including phenoxy) is 2. The lowest BCUT2D eigenvalue weighted by atomic mass is 9.99. The lowest BCUT2D eigenvalue weighted by Gasteiger charge is -2.39. The lowest BCUT2D eigenvalue weighted by molar-refractivity contribution is -0.277. The minimum Gasteiger partial charge on any atom is -0.463 e. The number of nitrogens with zero attached hydrogens (tertiary/aromatic N) is 1. The zero-order valence-electron chi connectivity index (χ0n) is 14.3. The second-order valence-corrected chi connectivity index (χ2v) is 7.04. The van der Waals surface area contributed by atoms with E-state index in [0.717, 1.165) is 0 Å². The van der Waals surface area contributed by atoms with Crippen molar-refractivity contribution in [2.45, 2.75) is 30.7 Å². The van der Waals surface area contributed by atoms with E-state index in [1.807, 2.05) is 0 Å². The van der Waals surface area contributed by atoms with E-state index in [2.05, 4.69) is 4.98 Å². The molecule has 0 unspecified atom stereocenters. The number of hydrogen-bond acceptors (Lipinski definition) is 10. The fourth-order valence-electron chi connectivity index (χ4n) is 3.00. The Morgan fingerprint density at radius 1 is 1.18 bits per heavy atom. The number of fused-ring (bicyclic) bond motifs is 1. The van der Waals surface area contributed by atoms with Crippen molar-refractivity contribution in [3.8, 4) is 17.0 Å². The number of aliphatic hydroxyl groups is 4. The molecule has 3 heterocycles. The van der Waals surface area contributed by atoms with Crippen molar-refractivity contribution in [2.75, 3.05) is 6.61 Å². The van der Waals surface area contributed by atoms with Crippen molar-refractivity contribution in [3.05, 3.63) is 45.6 Å². The first kappa shape index (κ1) is 19.0. The van der Waals surface area contributed by atoms with Gasteiger partial charge in [0.05, 0.1) is 28.8 Å². The van der Waals surface area contributed by atoms with Gasteiger partial charge in [-0.3, -0.25) is 4.79 Å². The molecule has 0 spiro atoms. The molecule has 1 saturated heterocycles. The Labute approximate surface area is 162 Å². The van der Waals surface area contributed by atoms with E-state index in [0.29, 0.717) is 16.6 Å². The summed E-state index contributed by atoms with van der Waals surface area (Å²) in [6, 6.07) is 4.45. The molecule has 9 nitrogen and oxygen atoms in total. The van der Waals surface area contributed by atoms with E-state index in [-0.39, 0.29) is 16.8 Å². The van der Waals surface area contributed by atoms with Gasteiger partial charge in [-0.1, -0.05) is 0 Å². The Morgan fingerprint density at radius 2 is 2.00 bits per heavy atom. The Bertz CT molecular complexity index is 1020. The van der Waals surface area contributed by atoms with Crippen LogP contribution >= 0.6 is 11.3 Å². The molecule has 1 aromatic carbocycles. The van der Waals surface area contributed by atoms with Crippen LogP contribution in [0.5, 0.6) is 5.75 Å². The topological polar surface area (TPSA) is 142 Å². The normalized spacial score (nSPS) is 27.8. The second kappa shape index (κ2) is 7.59. The third kappa shape index (κ3) is 3.30. The van der Waals surface area contributed by atoms with Gasteiger partial charge in [-0.2, -0.15) is 0 Å². The summed E-state index contributed by atoms with van der Waals surface area (Å²) in [4.78, 5) is 16.8. The molecule has 0 saturated carbocycles. The van der Waals surface area contributed by atoms with Gasteiger partial charge in [0.2, 0.25) is 11.7 Å². The van der Waals surface area contributed by atoms with Gasteiger partial charge in [-0.25, -0.2) is 4.98 Å². The molecule has 0 bridgehead atoms. The summed E-state index contributed by atoms with van der Waals surface area (Å²) in [5.74, 6) is 0.210. The maximum atomic E-state index is 12.7. The van der Waals surface area contributed by atoms with Crippen LogP contribution in [0.3, 0.4) is 0 Å². The Morgan fingerprint density at radius 3 is 2.71 bits per heavy atom. The van der Waals surface area contributed by atoms with Gasteiger partial charge in [-0.15, -0.1) is 11.3 Å². The monoisotopic (exact) mass is 407 g/mol. The van der Waals surface area contributed by atoms with Gasteiger partial charge in [0.1, 0.15) is 42.0 Å². The molecule has 1 fully saturated rings. The summed E-state index contributed by atoms with van der Waals surface area (Å²) in [6.45, 7) is -0.559. The van der Waals surface area contributed by atoms with Crippen molar-refractivity contribution < 1.29 is 34.3 Å². The summed E-state index contributed by atoms with van der Waals surface area (Å²) in [5, 5.41) is 41.0. The highest BCUT2D eigenvalue weighted by atomic mass is 32.1. The average molecular weight is 407 g/mol. The van der Waals surface area contributed by atoms with Crippen LogP contribution in [0.15, 0.2) is 44.6 Å². The summed E-state index contributed by atoms with van der Waals surface area (Å²) in [5.41, 5.74) is 2.51. The predicted molar refractivity (Wildman–Crippen MR) is 98.0 cm³/mol. The predicted octanol–water partition coefficient (Wildman–Crippen LogP) is 0.0952. The molecular formula is C18H17NO8S. The summed E-state index contributed by atoms with van der Waals surface area (Å²) in [6.07, 6.45) is -5.64. The minimum absolute atomic E-state index is 0.210. The molecule has 5 atom stereocenters. The van der Waals surface area contributed by atoms with Crippen molar-refractivity contribution in [2.24, 2.45) is 0 Å². The molecule has 1 aliphatic heterocycles. The molecule has 4 N–H and O–H groups in total. The van der Waals surface area contributed by atoms with Gasteiger partial charge in [-0.05, 0) is 12.1 Å². The first-order valence-electron chi connectivity index (χ1n) is 8.41. The smallest absolute Gasteiger partial charge is 0.229 e. The van der Waals surface area contributed by atoms with E-state index in [9.17, 15) is 25.2 Å². The quantitative estimate of drug-likeness (QED) is 0.473.